The molecular formula is C20H16N2O2S2. The Morgan fingerprint density at radius 1 is 0.962 bits per heavy atom. The van der Waals surface area contributed by atoms with Crippen LogP contribution < -0.4 is 9.80 Å². The number of anilines is 2. The van der Waals surface area contributed by atoms with Gasteiger partial charge < -0.3 is 4.90 Å². The van der Waals surface area contributed by atoms with E-state index < -0.39 is 0 Å². The maximum atomic E-state index is 13.2. The monoisotopic (exact) mass is 380 g/mol. The van der Waals surface area contributed by atoms with E-state index in [9.17, 15) is 9.59 Å². The number of likely N-dealkylation sites (N-methyl/N-ethyl adjacent to an activating group) is 1. The zero-order chi connectivity index (χ0) is 18.4. The molecule has 0 aromatic heterocycles. The third kappa shape index (κ3) is 2.40. The summed E-state index contributed by atoms with van der Waals surface area (Å²) in [6.07, 6.45) is 0.795. The molecule has 4 nitrogen and oxygen atoms in total. The third-order valence-corrected chi connectivity index (χ3v) is 6.04. The molecule has 0 bridgehead atoms. The first-order valence-electron chi connectivity index (χ1n) is 8.30. The predicted octanol–water partition coefficient (Wildman–Crippen LogP) is 4.00. The number of hydrogen-bond donors (Lipinski definition) is 0. The van der Waals surface area contributed by atoms with Gasteiger partial charge in [0.2, 0.25) is 0 Å². The molecule has 2 aliphatic heterocycles. The fraction of sp³-hybridized carbons (Fsp3) is 0.150. The molecule has 1 saturated heterocycles. The number of thioether (sulfide) groups is 1. The molecule has 1 fully saturated rings. The van der Waals surface area contributed by atoms with Gasteiger partial charge in [-0.2, -0.15) is 0 Å². The maximum absolute atomic E-state index is 13.2. The van der Waals surface area contributed by atoms with Crippen LogP contribution >= 0.6 is 24.0 Å². The van der Waals surface area contributed by atoms with Crippen LogP contribution in [0.1, 0.15) is 18.1 Å². The van der Waals surface area contributed by atoms with Gasteiger partial charge in [0.15, 0.2) is 4.32 Å². The molecular weight excluding hydrogens is 364 g/mol. The van der Waals surface area contributed by atoms with Crippen LogP contribution in [0.5, 0.6) is 0 Å². The lowest BCUT2D eigenvalue weighted by Crippen LogP contribution is -2.29. The molecule has 0 N–H and O–H groups in total. The Morgan fingerprint density at radius 3 is 2.35 bits per heavy atom. The molecule has 0 radical (unpaired) electrons. The molecule has 0 aliphatic carbocycles. The van der Waals surface area contributed by atoms with E-state index in [4.69, 9.17) is 12.2 Å². The highest BCUT2D eigenvalue weighted by Gasteiger charge is 2.41. The number of para-hydroxylation sites is 2. The lowest BCUT2D eigenvalue weighted by molar-refractivity contribution is -0.115. The SMILES string of the molecule is CCc1ccccc1N1C(=O)/C(=C2/C(=O)N(C)c3ccccc32)SC1=S. The normalized spacial score (nSPS) is 19.5. The topological polar surface area (TPSA) is 40.6 Å². The van der Waals surface area contributed by atoms with E-state index in [1.165, 1.54) is 11.8 Å². The average molecular weight is 380 g/mol. The number of rotatable bonds is 2. The van der Waals surface area contributed by atoms with Crippen molar-refractivity contribution in [3.8, 4) is 0 Å². The van der Waals surface area contributed by atoms with Crippen molar-refractivity contribution in [1.82, 2.24) is 0 Å². The van der Waals surface area contributed by atoms with E-state index in [1.54, 1.807) is 16.8 Å². The van der Waals surface area contributed by atoms with E-state index in [0.29, 0.717) is 14.8 Å². The molecule has 6 heteroatoms. The summed E-state index contributed by atoms with van der Waals surface area (Å²) in [5, 5.41) is 0. The van der Waals surface area contributed by atoms with Gasteiger partial charge in [0.05, 0.1) is 21.9 Å². The largest absolute Gasteiger partial charge is 0.311 e. The lowest BCUT2D eigenvalue weighted by Gasteiger charge is -2.18. The molecule has 2 amide bonds. The van der Waals surface area contributed by atoms with E-state index in [0.717, 1.165) is 28.9 Å². The second kappa shape index (κ2) is 6.37. The summed E-state index contributed by atoms with van der Waals surface area (Å²) in [7, 11) is 1.72. The summed E-state index contributed by atoms with van der Waals surface area (Å²) >= 11 is 6.70. The first-order chi connectivity index (χ1) is 12.5. The van der Waals surface area contributed by atoms with Gasteiger partial charge in [-0.25, -0.2) is 0 Å². The first-order valence-corrected chi connectivity index (χ1v) is 9.53. The second-order valence-electron chi connectivity index (χ2n) is 6.08. The Kier molecular flexibility index (Phi) is 4.17. The zero-order valence-electron chi connectivity index (χ0n) is 14.4. The van der Waals surface area contributed by atoms with Crippen LogP contribution in [0, 0.1) is 0 Å². The van der Waals surface area contributed by atoms with E-state index in [1.807, 2.05) is 55.5 Å². The fourth-order valence-corrected chi connectivity index (χ4v) is 4.70. The predicted molar refractivity (Wildman–Crippen MR) is 110 cm³/mol. The van der Waals surface area contributed by atoms with Crippen LogP contribution in [0.4, 0.5) is 11.4 Å². The van der Waals surface area contributed by atoms with Crippen LogP contribution in [0.25, 0.3) is 5.57 Å². The van der Waals surface area contributed by atoms with Crippen molar-refractivity contribution in [2.75, 3.05) is 16.8 Å². The number of amides is 2. The Bertz CT molecular complexity index is 997. The van der Waals surface area contributed by atoms with Gasteiger partial charge in [0.1, 0.15) is 0 Å². The number of fused-ring (bicyclic) bond motifs is 1. The molecule has 0 saturated carbocycles. The molecule has 130 valence electrons. The smallest absolute Gasteiger partial charge is 0.271 e. The van der Waals surface area contributed by atoms with Gasteiger partial charge in [-0.3, -0.25) is 14.5 Å². The molecule has 2 heterocycles. The number of aryl methyl sites for hydroxylation is 1. The third-order valence-electron chi connectivity index (χ3n) is 4.66. The minimum absolute atomic E-state index is 0.171. The Morgan fingerprint density at radius 2 is 1.62 bits per heavy atom. The Balaban J connectivity index is 1.86. The van der Waals surface area contributed by atoms with Crippen LogP contribution in [0.2, 0.25) is 0 Å². The fourth-order valence-electron chi connectivity index (χ4n) is 3.34. The quantitative estimate of drug-likeness (QED) is 0.583. The van der Waals surface area contributed by atoms with E-state index in [-0.39, 0.29) is 11.8 Å². The number of carbonyl (C=O) groups excluding carboxylic acids is 2. The van der Waals surface area contributed by atoms with Gasteiger partial charge in [-0.05, 0) is 24.1 Å². The zero-order valence-corrected chi connectivity index (χ0v) is 16.0. The summed E-state index contributed by atoms with van der Waals surface area (Å²) in [4.78, 5) is 29.6. The van der Waals surface area contributed by atoms with Gasteiger partial charge in [-0.1, -0.05) is 67.3 Å². The summed E-state index contributed by atoms with van der Waals surface area (Å²) in [6.45, 7) is 2.04. The summed E-state index contributed by atoms with van der Waals surface area (Å²) < 4.78 is 0.457. The Hall–Kier alpha value is -2.44. The molecule has 2 aliphatic rings. The minimum atomic E-state index is -0.227. The van der Waals surface area contributed by atoms with Crippen molar-refractivity contribution in [2.45, 2.75) is 13.3 Å². The van der Waals surface area contributed by atoms with Crippen molar-refractivity contribution in [1.29, 1.82) is 0 Å². The standard InChI is InChI=1S/C20H16N2O2S2/c1-3-12-8-4-6-10-14(12)22-19(24)17(26-20(22)25)16-13-9-5-7-11-15(13)21(2)18(16)23/h4-11H,3H2,1-2H3/b17-16-. The van der Waals surface area contributed by atoms with Crippen LogP contribution in [-0.2, 0) is 16.0 Å². The molecule has 0 spiro atoms. The van der Waals surface area contributed by atoms with E-state index in [2.05, 4.69) is 0 Å². The van der Waals surface area contributed by atoms with E-state index >= 15 is 0 Å². The van der Waals surface area contributed by atoms with Crippen molar-refractivity contribution in [2.24, 2.45) is 0 Å². The summed E-state index contributed by atoms with van der Waals surface area (Å²) in [5.74, 6) is -0.398. The number of nitrogens with zero attached hydrogens (tertiary/aromatic N) is 2. The van der Waals surface area contributed by atoms with Crippen LogP contribution in [-0.4, -0.2) is 23.2 Å². The van der Waals surface area contributed by atoms with Crippen molar-refractivity contribution >= 4 is 57.1 Å². The van der Waals surface area contributed by atoms with Crippen LogP contribution in [0.3, 0.4) is 0 Å². The number of carbonyl (C=O) groups is 2. The second-order valence-corrected chi connectivity index (χ2v) is 7.72. The summed E-state index contributed by atoms with van der Waals surface area (Å²) in [5.41, 5.74) is 3.87. The highest BCUT2D eigenvalue weighted by Crippen LogP contribution is 2.45. The molecule has 26 heavy (non-hydrogen) atoms. The molecule has 0 unspecified atom stereocenters. The van der Waals surface area contributed by atoms with Gasteiger partial charge in [0, 0.05) is 12.6 Å². The summed E-state index contributed by atoms with van der Waals surface area (Å²) in [6, 6.07) is 15.2. The first kappa shape index (κ1) is 17.0. The maximum Gasteiger partial charge on any atom is 0.271 e. The molecule has 2 aromatic rings. The number of benzene rings is 2. The van der Waals surface area contributed by atoms with Gasteiger partial charge >= 0.3 is 0 Å². The highest BCUT2D eigenvalue weighted by atomic mass is 32.2. The van der Waals surface area contributed by atoms with Crippen molar-refractivity contribution in [3.05, 3.63) is 64.6 Å². The number of hydrogen-bond acceptors (Lipinski definition) is 4. The van der Waals surface area contributed by atoms with Gasteiger partial charge in [-0.15, -0.1) is 0 Å². The highest BCUT2D eigenvalue weighted by molar-refractivity contribution is 8.27. The van der Waals surface area contributed by atoms with Crippen molar-refractivity contribution < 1.29 is 9.59 Å². The Labute approximate surface area is 161 Å². The average Bonchev–Trinajstić information content (AvgIpc) is 3.08. The number of thiocarbonyl (C=S) groups is 1. The molecule has 2 aromatic carbocycles. The lowest BCUT2D eigenvalue weighted by atomic mass is 10.1. The molecule has 0 atom stereocenters. The van der Waals surface area contributed by atoms with Gasteiger partial charge in [0.25, 0.3) is 11.8 Å². The van der Waals surface area contributed by atoms with Crippen LogP contribution in [0.15, 0.2) is 53.4 Å². The van der Waals surface area contributed by atoms with Crippen molar-refractivity contribution in [3.63, 3.8) is 0 Å². The minimum Gasteiger partial charge on any atom is -0.311 e. The molecule has 4 rings (SSSR count).